The van der Waals surface area contributed by atoms with Crippen LogP contribution in [0.5, 0.6) is 0 Å². The lowest BCUT2D eigenvalue weighted by Crippen LogP contribution is -2.15. The molecule has 2 aromatic heterocycles. The fraction of sp³-hybridized carbons (Fsp3) is 0.133. The van der Waals surface area contributed by atoms with E-state index in [1.54, 1.807) is 19.1 Å². The van der Waals surface area contributed by atoms with Crippen molar-refractivity contribution in [1.82, 2.24) is 20.2 Å². The first-order valence-corrected chi connectivity index (χ1v) is 7.51. The minimum Gasteiger partial charge on any atom is -0.295 e. The number of amides is 1. The lowest BCUT2D eigenvalue weighted by Gasteiger charge is -2.02. The number of carbonyl (C=O) groups excluding carboxylic acids is 1. The normalized spacial score (nSPS) is 11.1. The summed E-state index contributed by atoms with van der Waals surface area (Å²) in [7, 11) is 0. The number of anilines is 1. The van der Waals surface area contributed by atoms with Crippen molar-refractivity contribution in [2.24, 2.45) is 0 Å². The van der Waals surface area contributed by atoms with E-state index in [0.29, 0.717) is 22.3 Å². The highest BCUT2D eigenvalue weighted by atomic mass is 32.1. The molecule has 0 aliphatic heterocycles. The Bertz CT molecular complexity index is 884. The molecule has 1 aromatic carbocycles. The quantitative estimate of drug-likeness (QED) is 0.795. The molecule has 0 unspecified atom stereocenters. The Labute approximate surface area is 136 Å². The maximum atomic E-state index is 12.9. The molecule has 23 heavy (non-hydrogen) atoms. The zero-order valence-corrected chi connectivity index (χ0v) is 12.9. The summed E-state index contributed by atoms with van der Waals surface area (Å²) in [5.41, 5.74) is 1.41. The van der Waals surface area contributed by atoms with Crippen LogP contribution in [0.3, 0.4) is 0 Å². The summed E-state index contributed by atoms with van der Waals surface area (Å²) >= 11 is 1.22. The van der Waals surface area contributed by atoms with E-state index < -0.39 is 5.91 Å². The van der Waals surface area contributed by atoms with Crippen molar-refractivity contribution in [2.75, 3.05) is 5.32 Å². The van der Waals surface area contributed by atoms with E-state index in [0.717, 1.165) is 5.56 Å². The molecule has 0 spiro atoms. The third kappa shape index (κ3) is 3.72. The Morgan fingerprint density at radius 3 is 2.87 bits per heavy atom. The van der Waals surface area contributed by atoms with Crippen LogP contribution in [0.25, 0.3) is 0 Å². The zero-order chi connectivity index (χ0) is 17.1. The second-order valence-corrected chi connectivity index (χ2v) is 5.75. The Morgan fingerprint density at radius 1 is 1.30 bits per heavy atom. The van der Waals surface area contributed by atoms with Gasteiger partial charge in [0.1, 0.15) is 16.5 Å². The number of nitrogens with one attached hydrogen (secondary N) is 1. The maximum absolute atomic E-state index is 12.9. The minimum atomic E-state index is -0.487. The number of aromatic nitrogens is 4. The molecule has 8 heteroatoms. The van der Waals surface area contributed by atoms with Crippen molar-refractivity contribution in [2.45, 2.75) is 13.3 Å². The molecule has 1 amide bonds. The minimum absolute atomic E-state index is 0.0813. The first kappa shape index (κ1) is 13.9. The van der Waals surface area contributed by atoms with Crippen molar-refractivity contribution in [1.29, 1.82) is 0 Å². The number of benzene rings is 1. The number of carbonyl (C=O) groups is 1. The van der Waals surface area contributed by atoms with Crippen molar-refractivity contribution in [3.05, 3.63) is 64.4 Å². The molecular weight excluding hydrogens is 317 g/mol. The SMILES string of the molecule is [2H]c1cnc(C)c(C(=O)Nc2nnc(Cc3ccc(F)cc3)s2)n1. The van der Waals surface area contributed by atoms with Gasteiger partial charge in [0.15, 0.2) is 0 Å². The van der Waals surface area contributed by atoms with Gasteiger partial charge in [-0.3, -0.25) is 15.1 Å². The fourth-order valence-corrected chi connectivity index (χ4v) is 2.65. The molecule has 0 saturated carbocycles. The highest BCUT2D eigenvalue weighted by molar-refractivity contribution is 7.15. The highest BCUT2D eigenvalue weighted by Gasteiger charge is 2.14. The van der Waals surface area contributed by atoms with Crippen LogP contribution in [0.2, 0.25) is 0 Å². The predicted octanol–water partition coefficient (Wildman–Crippen LogP) is 2.62. The largest absolute Gasteiger partial charge is 0.295 e. The molecule has 1 N–H and O–H groups in total. The van der Waals surface area contributed by atoms with Crippen molar-refractivity contribution >= 4 is 22.4 Å². The molecule has 0 saturated heterocycles. The van der Waals surface area contributed by atoms with Gasteiger partial charge in [0.2, 0.25) is 5.13 Å². The van der Waals surface area contributed by atoms with E-state index in [2.05, 4.69) is 25.5 Å². The molecule has 0 radical (unpaired) electrons. The highest BCUT2D eigenvalue weighted by Crippen LogP contribution is 2.19. The number of hydrogen-bond donors (Lipinski definition) is 1. The van der Waals surface area contributed by atoms with Crippen LogP contribution < -0.4 is 5.32 Å². The molecule has 2 heterocycles. The van der Waals surface area contributed by atoms with Crippen molar-refractivity contribution in [3.8, 4) is 0 Å². The first-order chi connectivity index (χ1) is 11.5. The zero-order valence-electron chi connectivity index (χ0n) is 13.1. The third-order valence-electron chi connectivity index (χ3n) is 3.01. The van der Waals surface area contributed by atoms with Crippen molar-refractivity contribution in [3.63, 3.8) is 0 Å². The number of nitrogens with zero attached hydrogens (tertiary/aromatic N) is 4. The average molecular weight is 330 g/mol. The summed E-state index contributed by atoms with van der Waals surface area (Å²) in [4.78, 5) is 20.0. The third-order valence-corrected chi connectivity index (χ3v) is 3.84. The Morgan fingerprint density at radius 2 is 2.09 bits per heavy atom. The van der Waals surface area contributed by atoms with Gasteiger partial charge in [-0.15, -0.1) is 10.2 Å². The molecule has 3 rings (SSSR count). The van der Waals surface area contributed by atoms with Gasteiger partial charge in [-0.25, -0.2) is 9.37 Å². The summed E-state index contributed by atoms with van der Waals surface area (Å²) in [5.74, 6) is -0.782. The smallest absolute Gasteiger partial charge is 0.277 e. The van der Waals surface area contributed by atoms with Crippen LogP contribution in [0.4, 0.5) is 9.52 Å². The van der Waals surface area contributed by atoms with Gasteiger partial charge < -0.3 is 0 Å². The van der Waals surface area contributed by atoms with Gasteiger partial charge in [0, 0.05) is 18.8 Å². The van der Waals surface area contributed by atoms with Gasteiger partial charge in [0.25, 0.3) is 5.91 Å². The molecule has 0 fully saturated rings. The summed E-state index contributed by atoms with van der Waals surface area (Å²) in [6.07, 6.45) is 1.69. The average Bonchev–Trinajstić information content (AvgIpc) is 2.99. The van der Waals surface area contributed by atoms with Crippen LogP contribution in [0.1, 0.15) is 28.1 Å². The van der Waals surface area contributed by atoms with Crippen LogP contribution in [-0.4, -0.2) is 26.1 Å². The molecule has 3 aromatic rings. The molecule has 6 nitrogen and oxygen atoms in total. The van der Waals surface area contributed by atoms with E-state index >= 15 is 0 Å². The van der Waals surface area contributed by atoms with Crippen LogP contribution >= 0.6 is 11.3 Å². The Hall–Kier alpha value is -2.74. The fourth-order valence-electron chi connectivity index (χ4n) is 1.88. The summed E-state index contributed by atoms with van der Waals surface area (Å²) in [5, 5.41) is 11.5. The van der Waals surface area contributed by atoms with E-state index in [9.17, 15) is 9.18 Å². The van der Waals surface area contributed by atoms with E-state index in [1.807, 2.05) is 0 Å². The summed E-state index contributed by atoms with van der Waals surface area (Å²) in [6.45, 7) is 1.64. The van der Waals surface area contributed by atoms with Crippen LogP contribution in [-0.2, 0) is 6.42 Å². The van der Waals surface area contributed by atoms with Gasteiger partial charge in [-0.2, -0.15) is 0 Å². The number of aryl methyl sites for hydroxylation is 1. The molecule has 0 bridgehead atoms. The van der Waals surface area contributed by atoms with E-state index in [4.69, 9.17) is 1.37 Å². The standard InChI is InChI=1S/C15H12FN5OS/c1-9-13(18-7-6-17-9)14(22)19-15-21-20-12(23-15)8-10-2-4-11(16)5-3-10/h2-7H,8H2,1H3,(H,19,21,22)/i7D. The van der Waals surface area contributed by atoms with Gasteiger partial charge in [-0.1, -0.05) is 23.5 Å². The molecule has 0 aliphatic carbocycles. The Kier molecular flexibility index (Phi) is 3.97. The second-order valence-electron chi connectivity index (χ2n) is 4.69. The lowest BCUT2D eigenvalue weighted by atomic mass is 10.2. The van der Waals surface area contributed by atoms with E-state index in [-0.39, 0.29) is 17.7 Å². The lowest BCUT2D eigenvalue weighted by molar-refractivity contribution is 0.102. The van der Waals surface area contributed by atoms with E-state index in [1.165, 1.54) is 29.7 Å². The number of halogens is 1. The molecule has 0 aliphatic rings. The molecular formula is C15H12FN5OS. The van der Waals surface area contributed by atoms with Crippen LogP contribution in [0.15, 0.2) is 36.6 Å². The van der Waals surface area contributed by atoms with Gasteiger partial charge >= 0.3 is 0 Å². The maximum Gasteiger partial charge on any atom is 0.277 e. The molecule has 116 valence electrons. The second kappa shape index (κ2) is 6.57. The van der Waals surface area contributed by atoms with Crippen molar-refractivity contribution < 1.29 is 10.6 Å². The molecule has 0 atom stereocenters. The monoisotopic (exact) mass is 330 g/mol. The van der Waals surface area contributed by atoms with Gasteiger partial charge in [-0.05, 0) is 24.6 Å². The summed E-state index contributed by atoms with van der Waals surface area (Å²) in [6, 6.07) is 6.12. The topological polar surface area (TPSA) is 80.7 Å². The summed E-state index contributed by atoms with van der Waals surface area (Å²) < 4.78 is 20.3. The first-order valence-electron chi connectivity index (χ1n) is 7.19. The van der Waals surface area contributed by atoms with Crippen LogP contribution in [0, 0.1) is 12.7 Å². The number of hydrogen-bond acceptors (Lipinski definition) is 6. The Balaban J connectivity index is 1.70. The van der Waals surface area contributed by atoms with Gasteiger partial charge in [0.05, 0.1) is 7.06 Å². The predicted molar refractivity (Wildman–Crippen MR) is 83.8 cm³/mol. The number of rotatable bonds is 4.